The maximum Gasteiger partial charge on any atom is 0.178 e. The zero-order valence-corrected chi connectivity index (χ0v) is 47.6. The summed E-state index contributed by atoms with van der Waals surface area (Å²) in [4.78, 5) is 0. The first-order chi connectivity index (χ1) is 42.4. The van der Waals surface area contributed by atoms with E-state index in [1.165, 1.54) is 0 Å². The molecule has 0 bridgehead atoms. The summed E-state index contributed by atoms with van der Waals surface area (Å²) in [5, 5.41) is 0. The molecule has 3 aliphatic heterocycles. The first-order valence-electron chi connectivity index (χ1n) is 29.6. The number of benzene rings is 12. The average molecular weight is 1110 g/mol. The summed E-state index contributed by atoms with van der Waals surface area (Å²) in [5.74, 6) is 2.38. The Balaban J connectivity index is 0.982. The normalized spacial score (nSPS) is 15.1. The maximum absolute atomic E-state index is 7.56. The molecule has 12 aromatic carbocycles. The number of ether oxygens (including phenoxy) is 3. The molecular weight excluding hydrogens is 1040 g/mol. The van der Waals surface area contributed by atoms with Crippen molar-refractivity contribution >= 4 is 16.7 Å². The topological polar surface area (TPSA) is 27.7 Å². The standard InChI is InChI=1S/C83H60O3/c1-80(68-47-50-77-71(53-68)74(59-29-11-2-12-30-59)56-81(84-77,62-35-17-5-18-36-62)63-37-19-6-20-38-63,69-48-51-78-72(54-69)75(60-31-13-3-14-32-60)57-82(85-78,64-39-21-7-22-40-64)65-41-23-8-24-42-65)70-49-52-79-73(55-70)76(61-33-15-4-16-34-61)58-83(86-79,66-43-25-9-26-44-66)67-45-27-10-28-46-67/h2-58H,1H3. The van der Waals surface area contributed by atoms with Crippen LogP contribution in [0.15, 0.2) is 346 Å². The second-order valence-corrected chi connectivity index (χ2v) is 22.7. The van der Waals surface area contributed by atoms with Crippen molar-refractivity contribution in [1.29, 1.82) is 0 Å². The highest BCUT2D eigenvalue weighted by atomic mass is 16.5. The quantitative estimate of drug-likeness (QED) is 0.114. The summed E-state index contributed by atoms with van der Waals surface area (Å²) in [7, 11) is 0. The van der Waals surface area contributed by atoms with Crippen LogP contribution in [0.4, 0.5) is 0 Å². The monoisotopic (exact) mass is 1100 g/mol. The van der Waals surface area contributed by atoms with E-state index < -0.39 is 22.2 Å². The summed E-state index contributed by atoms with van der Waals surface area (Å²) >= 11 is 0. The van der Waals surface area contributed by atoms with Crippen LogP contribution >= 0.6 is 0 Å². The van der Waals surface area contributed by atoms with Gasteiger partial charge in [0.05, 0.1) is 0 Å². The maximum atomic E-state index is 7.56. The Morgan fingerprint density at radius 2 is 0.430 bits per heavy atom. The molecule has 0 spiro atoms. The summed E-state index contributed by atoms with van der Waals surface area (Å²) in [6.07, 6.45) is 7.02. The molecule has 0 fully saturated rings. The van der Waals surface area contributed by atoms with Crippen LogP contribution in [-0.4, -0.2) is 0 Å². The van der Waals surface area contributed by atoms with Gasteiger partial charge in [0.1, 0.15) is 17.2 Å². The Kier molecular flexibility index (Phi) is 13.0. The zero-order chi connectivity index (χ0) is 57.6. The summed E-state index contributed by atoms with van der Waals surface area (Å²) in [5.41, 5.74) is 15.5. The molecule has 0 unspecified atom stereocenters. The second kappa shape index (κ2) is 21.5. The molecular formula is C83H60O3. The van der Waals surface area contributed by atoms with E-state index in [1.54, 1.807) is 0 Å². The van der Waals surface area contributed by atoms with Crippen LogP contribution in [0.2, 0.25) is 0 Å². The van der Waals surface area contributed by atoms with Gasteiger partial charge in [-0.05, 0) is 112 Å². The molecule has 0 saturated carbocycles. The van der Waals surface area contributed by atoms with Crippen LogP contribution in [0.1, 0.15) is 90.4 Å². The van der Waals surface area contributed by atoms with Gasteiger partial charge in [0.15, 0.2) is 16.8 Å². The van der Waals surface area contributed by atoms with Crippen molar-refractivity contribution in [3.63, 3.8) is 0 Å². The van der Waals surface area contributed by atoms with Crippen molar-refractivity contribution in [2.75, 3.05) is 0 Å². The summed E-state index contributed by atoms with van der Waals surface area (Å²) < 4.78 is 22.7. The lowest BCUT2D eigenvalue weighted by Gasteiger charge is -2.41. The molecule has 3 heterocycles. The van der Waals surface area contributed by atoms with Gasteiger partial charge < -0.3 is 14.2 Å². The lowest BCUT2D eigenvalue weighted by Crippen LogP contribution is -2.36. The number of hydrogen-bond donors (Lipinski definition) is 0. The number of rotatable bonds is 12. The van der Waals surface area contributed by atoms with Crippen molar-refractivity contribution in [2.45, 2.75) is 29.1 Å². The van der Waals surface area contributed by atoms with E-state index >= 15 is 0 Å². The Hall–Kier alpha value is -10.7. The number of hydrogen-bond acceptors (Lipinski definition) is 3. The van der Waals surface area contributed by atoms with E-state index in [-0.39, 0.29) is 0 Å². The fourth-order valence-electron chi connectivity index (χ4n) is 13.4. The van der Waals surface area contributed by atoms with Gasteiger partial charge in [-0.15, -0.1) is 0 Å². The minimum Gasteiger partial charge on any atom is -0.473 e. The third-order valence-electron chi connectivity index (χ3n) is 17.9. The molecule has 3 aliphatic rings. The molecule has 0 N–H and O–H groups in total. The molecule has 410 valence electrons. The highest BCUT2D eigenvalue weighted by molar-refractivity contribution is 5.90. The Bertz CT molecular complexity index is 3920. The lowest BCUT2D eigenvalue weighted by atomic mass is 9.68. The van der Waals surface area contributed by atoms with Crippen molar-refractivity contribution in [1.82, 2.24) is 0 Å². The molecule has 12 aromatic rings. The second-order valence-electron chi connectivity index (χ2n) is 22.7. The van der Waals surface area contributed by atoms with Gasteiger partial charge in [-0.2, -0.15) is 0 Å². The van der Waals surface area contributed by atoms with Crippen LogP contribution in [0.3, 0.4) is 0 Å². The van der Waals surface area contributed by atoms with Crippen LogP contribution in [-0.2, 0) is 22.2 Å². The van der Waals surface area contributed by atoms with E-state index in [1.807, 2.05) is 0 Å². The predicted octanol–water partition coefficient (Wildman–Crippen LogP) is 19.3. The third-order valence-corrected chi connectivity index (χ3v) is 17.9. The average Bonchev–Trinajstić information content (AvgIpc) is 0.888. The van der Waals surface area contributed by atoms with Crippen molar-refractivity contribution < 1.29 is 14.2 Å². The Morgan fingerprint density at radius 1 is 0.233 bits per heavy atom. The third kappa shape index (κ3) is 8.82. The smallest absolute Gasteiger partial charge is 0.178 e. The summed E-state index contributed by atoms with van der Waals surface area (Å²) in [6, 6.07) is 117. The fourth-order valence-corrected chi connectivity index (χ4v) is 13.4. The van der Waals surface area contributed by atoms with Gasteiger partial charge in [0.2, 0.25) is 0 Å². The van der Waals surface area contributed by atoms with Crippen molar-refractivity contribution in [2.24, 2.45) is 0 Å². The molecule has 0 radical (unpaired) electrons. The summed E-state index contributed by atoms with van der Waals surface area (Å²) in [6.45, 7) is 2.38. The van der Waals surface area contributed by atoms with Gasteiger partial charge in [-0.25, -0.2) is 0 Å². The molecule has 0 aliphatic carbocycles. The fraction of sp³-hybridized carbons (Fsp3) is 0.0602. The van der Waals surface area contributed by atoms with Gasteiger partial charge in [0, 0.05) is 55.5 Å². The van der Waals surface area contributed by atoms with E-state index in [4.69, 9.17) is 14.2 Å². The predicted molar refractivity (Wildman–Crippen MR) is 348 cm³/mol. The van der Waals surface area contributed by atoms with Gasteiger partial charge >= 0.3 is 0 Å². The molecule has 0 saturated heterocycles. The first kappa shape index (κ1) is 52.1. The zero-order valence-electron chi connectivity index (χ0n) is 47.6. The van der Waals surface area contributed by atoms with Crippen molar-refractivity contribution in [3.8, 4) is 17.2 Å². The lowest BCUT2D eigenvalue weighted by molar-refractivity contribution is 0.160. The van der Waals surface area contributed by atoms with E-state index in [2.05, 4.69) is 353 Å². The largest absolute Gasteiger partial charge is 0.473 e. The molecule has 3 nitrogen and oxygen atoms in total. The van der Waals surface area contributed by atoms with E-state index in [9.17, 15) is 0 Å². The van der Waals surface area contributed by atoms with Crippen molar-refractivity contribution in [3.05, 3.63) is 429 Å². The SMILES string of the molecule is CC(c1ccc2c(c1)C(c1ccccc1)=CC(c1ccccc1)(c1ccccc1)O2)(c1ccc2c(c1)C(c1ccccc1)=CC(c1ccccc1)(c1ccccc1)O2)c1ccc2c(c1)C(c1ccccc1)=CC(c1ccccc1)(c1ccccc1)O2. The van der Waals surface area contributed by atoms with Crippen LogP contribution in [0.5, 0.6) is 17.2 Å². The van der Waals surface area contributed by atoms with E-state index in [0.717, 1.165) is 117 Å². The van der Waals surface area contributed by atoms with Gasteiger partial charge in [-0.3, -0.25) is 0 Å². The minimum absolute atomic E-state index is 0.794. The van der Waals surface area contributed by atoms with Crippen LogP contribution in [0, 0.1) is 0 Å². The molecule has 3 heteroatoms. The molecule has 15 rings (SSSR count). The minimum atomic E-state index is -0.924. The molecule has 0 aromatic heterocycles. The highest BCUT2D eigenvalue weighted by Crippen LogP contribution is 2.54. The van der Waals surface area contributed by atoms with Crippen LogP contribution < -0.4 is 14.2 Å². The molecule has 0 amide bonds. The highest BCUT2D eigenvalue weighted by Gasteiger charge is 2.45. The van der Waals surface area contributed by atoms with Crippen LogP contribution in [0.25, 0.3) is 16.7 Å². The Labute approximate surface area is 503 Å². The van der Waals surface area contributed by atoms with Gasteiger partial charge in [-0.1, -0.05) is 291 Å². The number of fused-ring (bicyclic) bond motifs is 3. The molecule has 86 heavy (non-hydrogen) atoms. The Morgan fingerprint density at radius 3 is 0.640 bits per heavy atom. The first-order valence-corrected chi connectivity index (χ1v) is 29.6. The van der Waals surface area contributed by atoms with Gasteiger partial charge in [0.25, 0.3) is 0 Å². The van der Waals surface area contributed by atoms with E-state index in [0.29, 0.717) is 0 Å². The molecule has 0 atom stereocenters.